The number of hydrogen-bond donors (Lipinski definition) is 2. The molecule has 0 heterocycles. The van der Waals surface area contributed by atoms with Crippen molar-refractivity contribution in [1.29, 1.82) is 0 Å². The monoisotopic (exact) mass is 376 g/mol. The second-order valence-electron chi connectivity index (χ2n) is 7.12. The van der Waals surface area contributed by atoms with Gasteiger partial charge in [-0.2, -0.15) is 0 Å². The minimum Gasteiger partial charge on any atom is -0.457 e. The first-order chi connectivity index (χ1) is 13.6. The van der Waals surface area contributed by atoms with Crippen LogP contribution in [0.5, 0.6) is 11.5 Å². The average Bonchev–Trinajstić information content (AvgIpc) is 3.14. The van der Waals surface area contributed by atoms with E-state index >= 15 is 0 Å². The van der Waals surface area contributed by atoms with Crippen molar-refractivity contribution < 1.29 is 9.53 Å². The van der Waals surface area contributed by atoms with E-state index in [1.165, 1.54) is 17.5 Å². The van der Waals surface area contributed by atoms with Crippen molar-refractivity contribution in [2.24, 2.45) is 5.73 Å². The molecule has 1 amide bonds. The van der Waals surface area contributed by atoms with Gasteiger partial charge in [0, 0.05) is 12.2 Å². The van der Waals surface area contributed by atoms with E-state index in [9.17, 15) is 4.79 Å². The third kappa shape index (κ3) is 5.03. The van der Waals surface area contributed by atoms with Gasteiger partial charge < -0.3 is 15.8 Å². The summed E-state index contributed by atoms with van der Waals surface area (Å²) in [5.74, 6) is 1.45. The third-order valence-electron chi connectivity index (χ3n) is 4.85. The Morgan fingerprint density at radius 1 is 1.14 bits per heavy atom. The molecule has 2 aromatic carbocycles. The lowest BCUT2D eigenvalue weighted by Gasteiger charge is -2.11. The largest absolute Gasteiger partial charge is 0.457 e. The normalized spacial score (nSPS) is 13.9. The molecule has 0 radical (unpaired) electrons. The number of benzene rings is 2. The van der Waals surface area contributed by atoms with Crippen LogP contribution in [0, 0.1) is 0 Å². The molecule has 3 rings (SSSR count). The summed E-state index contributed by atoms with van der Waals surface area (Å²) in [6, 6.07) is 14.1. The number of carbonyl (C=O) groups is 1. The van der Waals surface area contributed by atoms with Crippen molar-refractivity contribution in [3.05, 3.63) is 82.6 Å². The first-order valence-electron chi connectivity index (χ1n) is 9.86. The topological polar surface area (TPSA) is 64.3 Å². The van der Waals surface area contributed by atoms with E-state index in [1.807, 2.05) is 43.3 Å². The lowest BCUT2D eigenvalue weighted by molar-refractivity contribution is -0.117. The Labute approximate surface area is 167 Å². The number of hydrogen-bond acceptors (Lipinski definition) is 3. The van der Waals surface area contributed by atoms with Crippen LogP contribution in [0.3, 0.4) is 0 Å². The zero-order valence-corrected chi connectivity index (χ0v) is 16.6. The number of nitrogens with one attached hydrogen (secondary N) is 1. The average molecular weight is 377 g/mol. The Hall–Kier alpha value is -3.01. The van der Waals surface area contributed by atoms with Crippen LogP contribution in [0.1, 0.15) is 43.4 Å². The molecule has 1 aliphatic rings. The number of rotatable bonds is 7. The zero-order chi connectivity index (χ0) is 19.9. The Kier molecular flexibility index (Phi) is 6.53. The van der Waals surface area contributed by atoms with Crippen LogP contribution in [0.15, 0.2) is 65.9 Å². The fraction of sp³-hybridized carbons (Fsp3) is 0.292. The first kappa shape index (κ1) is 19.7. The van der Waals surface area contributed by atoms with Crippen LogP contribution in [-0.2, 0) is 24.2 Å². The van der Waals surface area contributed by atoms with Gasteiger partial charge in [0.1, 0.15) is 11.5 Å². The van der Waals surface area contributed by atoms with Gasteiger partial charge in [0.2, 0.25) is 0 Å². The van der Waals surface area contributed by atoms with Gasteiger partial charge in [-0.3, -0.25) is 4.79 Å². The molecule has 0 bridgehead atoms. The quantitative estimate of drug-likeness (QED) is 0.540. The van der Waals surface area contributed by atoms with Crippen molar-refractivity contribution in [2.45, 2.75) is 46.1 Å². The third-order valence-corrected chi connectivity index (χ3v) is 4.85. The van der Waals surface area contributed by atoms with Gasteiger partial charge >= 0.3 is 0 Å². The molecule has 0 atom stereocenters. The Morgan fingerprint density at radius 3 is 2.71 bits per heavy atom. The molecule has 3 N–H and O–H groups in total. The van der Waals surface area contributed by atoms with Gasteiger partial charge in [-0.05, 0) is 73.6 Å². The first-order valence-corrected chi connectivity index (χ1v) is 9.86. The molecule has 4 heteroatoms. The van der Waals surface area contributed by atoms with E-state index in [1.54, 1.807) is 13.0 Å². The molecule has 0 saturated heterocycles. The van der Waals surface area contributed by atoms with Crippen molar-refractivity contribution in [3.63, 3.8) is 0 Å². The van der Waals surface area contributed by atoms with Crippen molar-refractivity contribution in [2.75, 3.05) is 0 Å². The molecular formula is C24H28N2O2. The van der Waals surface area contributed by atoms with Gasteiger partial charge in [-0.15, -0.1) is 0 Å². The highest BCUT2D eigenvalue weighted by Crippen LogP contribution is 2.29. The van der Waals surface area contributed by atoms with Gasteiger partial charge in [0.15, 0.2) is 0 Å². The zero-order valence-electron chi connectivity index (χ0n) is 16.6. The Bertz CT molecular complexity index is 909. The summed E-state index contributed by atoms with van der Waals surface area (Å²) in [5, 5.41) is 2.93. The van der Waals surface area contributed by atoms with Crippen LogP contribution in [0.4, 0.5) is 0 Å². The van der Waals surface area contributed by atoms with Gasteiger partial charge in [-0.25, -0.2) is 0 Å². The Balaban J connectivity index is 1.64. The summed E-state index contributed by atoms with van der Waals surface area (Å²) >= 11 is 0. The van der Waals surface area contributed by atoms with E-state index in [2.05, 4.69) is 17.4 Å². The summed E-state index contributed by atoms with van der Waals surface area (Å²) in [6.45, 7) is 4.17. The number of carbonyl (C=O) groups excluding carboxylic acids is 1. The second-order valence-corrected chi connectivity index (χ2v) is 7.12. The van der Waals surface area contributed by atoms with Crippen molar-refractivity contribution in [3.8, 4) is 11.5 Å². The van der Waals surface area contributed by atoms with E-state index in [0.29, 0.717) is 17.8 Å². The van der Waals surface area contributed by atoms with Crippen LogP contribution in [0.25, 0.3) is 0 Å². The Morgan fingerprint density at radius 2 is 1.93 bits per heavy atom. The molecule has 4 nitrogen and oxygen atoms in total. The molecule has 1 aliphatic carbocycles. The molecule has 0 aliphatic heterocycles. The number of amides is 1. The number of aryl methyl sites for hydroxylation is 2. The maximum absolute atomic E-state index is 12.4. The molecule has 0 spiro atoms. The molecule has 0 unspecified atom stereocenters. The maximum Gasteiger partial charge on any atom is 0.253 e. The predicted molar refractivity (Wildman–Crippen MR) is 113 cm³/mol. The fourth-order valence-corrected chi connectivity index (χ4v) is 3.37. The summed E-state index contributed by atoms with van der Waals surface area (Å²) < 4.78 is 6.04. The van der Waals surface area contributed by atoms with E-state index in [4.69, 9.17) is 10.5 Å². The summed E-state index contributed by atoms with van der Waals surface area (Å²) in [4.78, 5) is 12.4. The highest BCUT2D eigenvalue weighted by Gasteiger charge is 2.12. The minimum absolute atomic E-state index is 0.172. The maximum atomic E-state index is 12.4. The molecule has 0 saturated carbocycles. The van der Waals surface area contributed by atoms with E-state index in [0.717, 1.165) is 36.3 Å². The van der Waals surface area contributed by atoms with Gasteiger partial charge in [0.25, 0.3) is 5.91 Å². The molecule has 146 valence electrons. The lowest BCUT2D eigenvalue weighted by atomic mass is 10.1. The minimum atomic E-state index is -0.172. The number of allylic oxidation sites excluding steroid dienone is 2. The van der Waals surface area contributed by atoms with Crippen LogP contribution >= 0.6 is 0 Å². The van der Waals surface area contributed by atoms with Gasteiger partial charge in [-0.1, -0.05) is 37.3 Å². The second kappa shape index (κ2) is 9.27. The number of ether oxygens (including phenoxy) is 1. The number of fused-ring (bicyclic) bond motifs is 1. The smallest absolute Gasteiger partial charge is 0.253 e. The molecule has 28 heavy (non-hydrogen) atoms. The summed E-state index contributed by atoms with van der Waals surface area (Å²) in [6.07, 6.45) is 8.07. The van der Waals surface area contributed by atoms with E-state index < -0.39 is 0 Å². The summed E-state index contributed by atoms with van der Waals surface area (Å²) in [5.41, 5.74) is 10.7. The van der Waals surface area contributed by atoms with E-state index in [-0.39, 0.29) is 5.91 Å². The lowest BCUT2D eigenvalue weighted by Crippen LogP contribution is -2.25. The van der Waals surface area contributed by atoms with Crippen LogP contribution in [-0.4, -0.2) is 5.91 Å². The predicted octanol–water partition coefficient (Wildman–Crippen LogP) is 4.78. The number of nitrogens with two attached hydrogens (primary N) is 1. The fourth-order valence-electron chi connectivity index (χ4n) is 3.37. The highest BCUT2D eigenvalue weighted by molar-refractivity contribution is 5.96. The van der Waals surface area contributed by atoms with Crippen molar-refractivity contribution in [1.82, 2.24) is 5.32 Å². The molecule has 0 fully saturated rings. The standard InChI is InChI=1S/C24H28N2O2/c1-3-4-11-23(17(2)25)24(27)26-16-18-7-5-10-21(14-18)28-22-13-12-19-8-6-9-20(19)15-22/h4-5,7,10-15H,3,6,8-9,16,25H2,1-2H3,(H,26,27)/b11-4-,23-17-. The van der Waals surface area contributed by atoms with Crippen molar-refractivity contribution >= 4 is 5.91 Å². The van der Waals surface area contributed by atoms with Crippen LogP contribution < -0.4 is 15.8 Å². The molecular weight excluding hydrogens is 348 g/mol. The molecule has 2 aromatic rings. The SMILES string of the molecule is CC/C=C\C(C(=O)NCc1cccc(Oc2ccc3c(c2)CCC3)c1)=C(/C)N. The van der Waals surface area contributed by atoms with Gasteiger partial charge in [0.05, 0.1) is 5.57 Å². The highest BCUT2D eigenvalue weighted by atomic mass is 16.5. The summed E-state index contributed by atoms with van der Waals surface area (Å²) in [7, 11) is 0. The van der Waals surface area contributed by atoms with Crippen LogP contribution in [0.2, 0.25) is 0 Å². The molecule has 0 aromatic heterocycles.